The molecule has 1 aromatic carbocycles. The number of anilines is 1. The van der Waals surface area contributed by atoms with E-state index in [4.69, 9.17) is 5.26 Å². The number of nitrogens with zero attached hydrogens (tertiary/aromatic N) is 3. The maximum Gasteiger partial charge on any atom is 0.246 e. The second kappa shape index (κ2) is 4.94. The quantitative estimate of drug-likeness (QED) is 0.859. The zero-order chi connectivity index (χ0) is 12.1. The van der Waals surface area contributed by atoms with Crippen molar-refractivity contribution < 1.29 is 4.79 Å². The first-order valence-electron chi connectivity index (χ1n) is 5.05. The van der Waals surface area contributed by atoms with Gasteiger partial charge in [0.2, 0.25) is 5.91 Å². The van der Waals surface area contributed by atoms with E-state index >= 15 is 0 Å². The summed E-state index contributed by atoms with van der Waals surface area (Å²) in [5, 5.41) is 15.4. The molecule has 0 aliphatic rings. The Bertz CT molecular complexity index is 554. The maximum absolute atomic E-state index is 11.6. The number of amides is 1. The molecule has 1 N–H and O–H groups in total. The summed E-state index contributed by atoms with van der Waals surface area (Å²) in [4.78, 5) is 11.6. The van der Waals surface area contributed by atoms with Crippen LogP contribution in [0.15, 0.2) is 42.7 Å². The Morgan fingerprint density at radius 3 is 3.06 bits per heavy atom. The number of hydrogen-bond acceptors (Lipinski definition) is 3. The maximum atomic E-state index is 11.6. The predicted molar refractivity (Wildman–Crippen MR) is 62.0 cm³/mol. The molecule has 0 radical (unpaired) electrons. The second-order valence-corrected chi connectivity index (χ2v) is 3.44. The number of hydrogen-bond donors (Lipinski definition) is 1. The average molecular weight is 226 g/mol. The van der Waals surface area contributed by atoms with Crippen LogP contribution in [-0.2, 0) is 11.3 Å². The van der Waals surface area contributed by atoms with E-state index in [-0.39, 0.29) is 12.5 Å². The lowest BCUT2D eigenvalue weighted by atomic mass is 10.2. The van der Waals surface area contributed by atoms with Crippen LogP contribution >= 0.6 is 0 Å². The van der Waals surface area contributed by atoms with E-state index in [1.54, 1.807) is 42.7 Å². The van der Waals surface area contributed by atoms with Crippen LogP contribution in [0.1, 0.15) is 5.56 Å². The van der Waals surface area contributed by atoms with Crippen LogP contribution in [-0.4, -0.2) is 15.7 Å². The van der Waals surface area contributed by atoms with Crippen molar-refractivity contribution in [3.05, 3.63) is 48.3 Å². The summed E-state index contributed by atoms with van der Waals surface area (Å²) in [6.45, 7) is 0.157. The Kier molecular flexibility index (Phi) is 3.17. The Balaban J connectivity index is 2.01. The first-order valence-corrected chi connectivity index (χ1v) is 5.05. The third kappa shape index (κ3) is 2.92. The largest absolute Gasteiger partial charge is 0.324 e. The van der Waals surface area contributed by atoms with Gasteiger partial charge in [-0.25, -0.2) is 0 Å². The summed E-state index contributed by atoms with van der Waals surface area (Å²) in [6.07, 6.45) is 3.33. The molecular formula is C12H10N4O. The average Bonchev–Trinajstić information content (AvgIpc) is 2.82. The zero-order valence-electron chi connectivity index (χ0n) is 9.00. The smallest absolute Gasteiger partial charge is 0.246 e. The molecule has 0 bridgehead atoms. The van der Waals surface area contributed by atoms with E-state index in [0.717, 1.165) is 0 Å². The highest BCUT2D eigenvalue weighted by atomic mass is 16.2. The van der Waals surface area contributed by atoms with E-state index < -0.39 is 0 Å². The predicted octanol–water partition coefficient (Wildman–Crippen LogP) is 1.39. The van der Waals surface area contributed by atoms with Crippen LogP contribution in [0.2, 0.25) is 0 Å². The molecule has 0 aliphatic carbocycles. The van der Waals surface area contributed by atoms with E-state index in [9.17, 15) is 4.79 Å². The molecule has 0 aliphatic heterocycles. The number of nitriles is 1. The van der Waals surface area contributed by atoms with Gasteiger partial charge in [-0.05, 0) is 24.3 Å². The first-order chi connectivity index (χ1) is 8.28. The molecule has 5 heteroatoms. The highest BCUT2D eigenvalue weighted by molar-refractivity contribution is 5.90. The van der Waals surface area contributed by atoms with Gasteiger partial charge in [0.25, 0.3) is 0 Å². The fourth-order valence-electron chi connectivity index (χ4n) is 1.41. The highest BCUT2D eigenvalue weighted by Crippen LogP contribution is 2.09. The number of carbonyl (C=O) groups excluding carboxylic acids is 1. The van der Waals surface area contributed by atoms with Crippen LogP contribution < -0.4 is 5.32 Å². The molecular weight excluding hydrogens is 216 g/mol. The van der Waals surface area contributed by atoms with Crippen molar-refractivity contribution in [1.82, 2.24) is 9.78 Å². The minimum absolute atomic E-state index is 0.157. The normalized spacial score (nSPS) is 9.59. The number of benzene rings is 1. The van der Waals surface area contributed by atoms with Gasteiger partial charge < -0.3 is 5.32 Å². The fraction of sp³-hybridized carbons (Fsp3) is 0.0833. The minimum Gasteiger partial charge on any atom is -0.324 e. The third-order valence-corrected chi connectivity index (χ3v) is 2.14. The SMILES string of the molecule is N#Cc1cccc(NC(=O)Cn2cccn2)c1. The first kappa shape index (κ1) is 10.9. The van der Waals surface area contributed by atoms with Crippen molar-refractivity contribution >= 4 is 11.6 Å². The van der Waals surface area contributed by atoms with Crippen molar-refractivity contribution in [2.24, 2.45) is 0 Å². The molecule has 1 amide bonds. The van der Waals surface area contributed by atoms with Crippen molar-refractivity contribution in [1.29, 1.82) is 5.26 Å². The van der Waals surface area contributed by atoms with Gasteiger partial charge in [0.05, 0.1) is 11.6 Å². The van der Waals surface area contributed by atoms with Crippen LogP contribution in [0.3, 0.4) is 0 Å². The van der Waals surface area contributed by atoms with Gasteiger partial charge in [0.1, 0.15) is 6.54 Å². The molecule has 17 heavy (non-hydrogen) atoms. The van der Waals surface area contributed by atoms with E-state index in [2.05, 4.69) is 10.4 Å². The monoisotopic (exact) mass is 226 g/mol. The molecule has 84 valence electrons. The lowest BCUT2D eigenvalue weighted by molar-refractivity contribution is -0.116. The van der Waals surface area contributed by atoms with Gasteiger partial charge in [-0.3, -0.25) is 9.48 Å². The zero-order valence-corrected chi connectivity index (χ0v) is 9.00. The molecule has 0 spiro atoms. The summed E-state index contributed by atoms with van der Waals surface area (Å²) in [6, 6.07) is 10.5. The van der Waals surface area contributed by atoms with Gasteiger partial charge in [0.15, 0.2) is 0 Å². The van der Waals surface area contributed by atoms with E-state index in [1.807, 2.05) is 6.07 Å². The number of aromatic nitrogens is 2. The Morgan fingerprint density at radius 1 is 1.47 bits per heavy atom. The molecule has 0 saturated heterocycles. The Hall–Kier alpha value is -2.61. The summed E-state index contributed by atoms with van der Waals surface area (Å²) >= 11 is 0. The van der Waals surface area contributed by atoms with Crippen molar-refractivity contribution in [2.75, 3.05) is 5.32 Å². The summed E-state index contributed by atoms with van der Waals surface area (Å²) < 4.78 is 1.53. The van der Waals surface area contributed by atoms with Gasteiger partial charge in [-0.2, -0.15) is 10.4 Å². The minimum atomic E-state index is -0.177. The molecule has 5 nitrogen and oxygen atoms in total. The van der Waals surface area contributed by atoms with Crippen LogP contribution in [0.25, 0.3) is 0 Å². The summed E-state index contributed by atoms with van der Waals surface area (Å²) in [7, 11) is 0. The van der Waals surface area contributed by atoms with Crippen molar-refractivity contribution in [3.8, 4) is 6.07 Å². The number of rotatable bonds is 3. The molecule has 0 atom stereocenters. The third-order valence-electron chi connectivity index (χ3n) is 2.14. The Morgan fingerprint density at radius 2 is 2.35 bits per heavy atom. The molecule has 1 heterocycles. The molecule has 0 saturated carbocycles. The number of nitrogens with one attached hydrogen (secondary N) is 1. The summed E-state index contributed by atoms with van der Waals surface area (Å²) in [5.74, 6) is -0.177. The molecule has 0 fully saturated rings. The standard InChI is InChI=1S/C12H10N4O/c13-8-10-3-1-4-11(7-10)15-12(17)9-16-6-2-5-14-16/h1-7H,9H2,(H,15,17). The van der Waals surface area contributed by atoms with Gasteiger partial charge in [-0.1, -0.05) is 6.07 Å². The lowest BCUT2D eigenvalue weighted by Gasteiger charge is -2.05. The molecule has 2 aromatic rings. The van der Waals surface area contributed by atoms with E-state index in [1.165, 1.54) is 4.68 Å². The summed E-state index contributed by atoms with van der Waals surface area (Å²) in [5.41, 5.74) is 1.13. The van der Waals surface area contributed by atoms with Crippen LogP contribution in [0, 0.1) is 11.3 Å². The van der Waals surface area contributed by atoms with Crippen molar-refractivity contribution in [3.63, 3.8) is 0 Å². The molecule has 1 aromatic heterocycles. The van der Waals surface area contributed by atoms with Crippen LogP contribution in [0.5, 0.6) is 0 Å². The fourth-order valence-corrected chi connectivity index (χ4v) is 1.41. The van der Waals surface area contributed by atoms with Gasteiger partial charge >= 0.3 is 0 Å². The number of carbonyl (C=O) groups is 1. The van der Waals surface area contributed by atoms with Crippen LogP contribution in [0.4, 0.5) is 5.69 Å². The Labute approximate surface area is 98.3 Å². The lowest BCUT2D eigenvalue weighted by Crippen LogP contribution is -2.18. The molecule has 2 rings (SSSR count). The van der Waals surface area contributed by atoms with Gasteiger partial charge in [-0.15, -0.1) is 0 Å². The second-order valence-electron chi connectivity index (χ2n) is 3.44. The highest BCUT2D eigenvalue weighted by Gasteiger charge is 2.03. The molecule has 0 unspecified atom stereocenters. The van der Waals surface area contributed by atoms with Crippen molar-refractivity contribution in [2.45, 2.75) is 6.54 Å². The van der Waals surface area contributed by atoms with E-state index in [0.29, 0.717) is 11.3 Å². The van der Waals surface area contributed by atoms with Gasteiger partial charge in [0, 0.05) is 18.1 Å². The topological polar surface area (TPSA) is 70.7 Å².